The first kappa shape index (κ1) is 22.0. The van der Waals surface area contributed by atoms with E-state index >= 15 is 0 Å². The molecule has 0 fully saturated rings. The van der Waals surface area contributed by atoms with Gasteiger partial charge >= 0.3 is 12.4 Å². The van der Waals surface area contributed by atoms with Gasteiger partial charge in [-0.15, -0.1) is 0 Å². The summed E-state index contributed by atoms with van der Waals surface area (Å²) < 4.78 is 71.7. The molecule has 6 heteroatoms. The molecule has 0 aromatic heterocycles. The average Bonchev–Trinajstić information content (AvgIpc) is 2.48. The van der Waals surface area contributed by atoms with E-state index in [4.69, 9.17) is 0 Å². The van der Waals surface area contributed by atoms with Gasteiger partial charge in [0.25, 0.3) is 0 Å². The molecule has 0 bridgehead atoms. The molecule has 0 saturated carbocycles. The first-order valence-electron chi connectivity index (χ1n) is 7.28. The predicted molar refractivity (Wildman–Crippen MR) is 83.7 cm³/mol. The first-order chi connectivity index (χ1) is 11.0. The lowest BCUT2D eigenvalue weighted by atomic mass is 10.1. The molecule has 0 N–H and O–H groups in total. The summed E-state index contributed by atoms with van der Waals surface area (Å²) in [4.78, 5) is 0. The second-order valence-corrected chi connectivity index (χ2v) is 4.73. The molecular weight excluding hydrogens is 330 g/mol. The first-order valence-corrected chi connectivity index (χ1v) is 7.28. The summed E-state index contributed by atoms with van der Waals surface area (Å²) in [6.07, 6.45) is -8.43. The van der Waals surface area contributed by atoms with E-state index in [0.717, 1.165) is 29.8 Å². The van der Waals surface area contributed by atoms with Crippen LogP contribution in [0.25, 0.3) is 0 Å². The molecule has 24 heavy (non-hydrogen) atoms. The van der Waals surface area contributed by atoms with E-state index in [-0.39, 0.29) is 0 Å². The fourth-order valence-electron chi connectivity index (χ4n) is 1.56. The van der Waals surface area contributed by atoms with E-state index in [1.54, 1.807) is 19.9 Å². The Labute approximate surface area is 138 Å². The number of aryl methyl sites for hydroxylation is 2. The Bertz CT molecular complexity index is 594. The Morgan fingerprint density at radius 3 is 1.38 bits per heavy atom. The summed E-state index contributed by atoms with van der Waals surface area (Å²) in [6.45, 7) is 7.38. The zero-order valence-corrected chi connectivity index (χ0v) is 13.9. The van der Waals surface area contributed by atoms with E-state index in [1.165, 1.54) is 18.2 Å². The minimum atomic E-state index is -4.22. The van der Waals surface area contributed by atoms with Crippen molar-refractivity contribution >= 4 is 0 Å². The highest BCUT2D eigenvalue weighted by Crippen LogP contribution is 2.29. The molecule has 0 nitrogen and oxygen atoms in total. The van der Waals surface area contributed by atoms with Gasteiger partial charge in [0.1, 0.15) is 0 Å². The van der Waals surface area contributed by atoms with Crippen LogP contribution < -0.4 is 0 Å². The molecular formula is C18H20F6. The topological polar surface area (TPSA) is 0 Å². The Balaban J connectivity index is 0.000000400. The van der Waals surface area contributed by atoms with E-state index in [9.17, 15) is 26.3 Å². The Hall–Kier alpha value is -1.98. The van der Waals surface area contributed by atoms with Crippen LogP contribution in [0.2, 0.25) is 0 Å². The lowest BCUT2D eigenvalue weighted by Gasteiger charge is -2.05. The van der Waals surface area contributed by atoms with Crippen LogP contribution in [-0.2, 0) is 12.4 Å². The van der Waals surface area contributed by atoms with Crippen LogP contribution in [-0.4, -0.2) is 0 Å². The molecule has 0 radical (unpaired) electrons. The van der Waals surface area contributed by atoms with Crippen molar-refractivity contribution in [2.75, 3.05) is 0 Å². The van der Waals surface area contributed by atoms with Gasteiger partial charge in [0.05, 0.1) is 11.1 Å². The molecule has 0 atom stereocenters. The van der Waals surface area contributed by atoms with Crippen molar-refractivity contribution in [2.24, 2.45) is 0 Å². The maximum Gasteiger partial charge on any atom is 0.416 e. The summed E-state index contributed by atoms with van der Waals surface area (Å²) in [5.74, 6) is 0. The zero-order valence-electron chi connectivity index (χ0n) is 13.9. The molecule has 2 aromatic rings. The minimum Gasteiger partial charge on any atom is -0.166 e. The van der Waals surface area contributed by atoms with Crippen LogP contribution in [0.4, 0.5) is 26.3 Å². The Kier molecular flexibility index (Phi) is 8.58. The van der Waals surface area contributed by atoms with Gasteiger partial charge in [-0.05, 0) is 32.0 Å². The molecule has 0 spiro atoms. The molecule has 2 rings (SSSR count). The van der Waals surface area contributed by atoms with Crippen LogP contribution in [0.3, 0.4) is 0 Å². The molecule has 0 heterocycles. The van der Waals surface area contributed by atoms with E-state index in [2.05, 4.69) is 0 Å². The second-order valence-electron chi connectivity index (χ2n) is 4.73. The second kappa shape index (κ2) is 9.35. The van der Waals surface area contributed by atoms with Gasteiger partial charge < -0.3 is 0 Å². The van der Waals surface area contributed by atoms with Crippen molar-refractivity contribution in [1.29, 1.82) is 0 Å². The molecule has 0 unspecified atom stereocenters. The molecule has 0 aliphatic rings. The smallest absolute Gasteiger partial charge is 0.166 e. The van der Waals surface area contributed by atoms with Gasteiger partial charge in [0.2, 0.25) is 0 Å². The standard InChI is InChI=1S/2C8H7F3.C2H6/c1-6-2-4-7(5-3-6)8(9,10)11;1-6-3-2-4-7(5-6)8(9,10)11;1-2/h2*2-5H,1H3;1-2H3. The van der Waals surface area contributed by atoms with Crippen molar-refractivity contribution in [3.8, 4) is 0 Å². The highest BCUT2D eigenvalue weighted by atomic mass is 19.4. The lowest BCUT2D eigenvalue weighted by Crippen LogP contribution is -2.04. The van der Waals surface area contributed by atoms with Gasteiger partial charge in [0.15, 0.2) is 0 Å². The van der Waals surface area contributed by atoms with Gasteiger partial charge in [-0.1, -0.05) is 55.3 Å². The average molecular weight is 350 g/mol. The van der Waals surface area contributed by atoms with Crippen molar-refractivity contribution in [3.05, 3.63) is 70.8 Å². The Morgan fingerprint density at radius 1 is 0.583 bits per heavy atom. The summed E-state index contributed by atoms with van der Waals surface area (Å²) >= 11 is 0. The Morgan fingerprint density at radius 2 is 1.04 bits per heavy atom. The highest BCUT2D eigenvalue weighted by molar-refractivity contribution is 5.24. The van der Waals surface area contributed by atoms with Crippen LogP contribution in [0, 0.1) is 13.8 Å². The van der Waals surface area contributed by atoms with Crippen molar-refractivity contribution in [3.63, 3.8) is 0 Å². The number of rotatable bonds is 0. The third kappa shape index (κ3) is 8.04. The minimum absolute atomic E-state index is 0.586. The molecule has 0 saturated heterocycles. The summed E-state index contributed by atoms with van der Waals surface area (Å²) in [7, 11) is 0. The molecule has 2 aromatic carbocycles. The van der Waals surface area contributed by atoms with Gasteiger partial charge in [-0.25, -0.2) is 0 Å². The monoisotopic (exact) mass is 350 g/mol. The van der Waals surface area contributed by atoms with Crippen LogP contribution >= 0.6 is 0 Å². The molecule has 0 aliphatic carbocycles. The largest absolute Gasteiger partial charge is 0.416 e. The van der Waals surface area contributed by atoms with Gasteiger partial charge in [-0.3, -0.25) is 0 Å². The fourth-order valence-corrected chi connectivity index (χ4v) is 1.56. The maximum atomic E-state index is 12.0. The van der Waals surface area contributed by atoms with E-state index in [0.29, 0.717) is 5.56 Å². The summed E-state index contributed by atoms with van der Waals surface area (Å²) in [5.41, 5.74) is 0.276. The number of hydrogen-bond donors (Lipinski definition) is 0. The molecule has 0 amide bonds. The van der Waals surface area contributed by atoms with Crippen LogP contribution in [0.5, 0.6) is 0 Å². The normalized spacial score (nSPS) is 10.9. The van der Waals surface area contributed by atoms with Crippen molar-refractivity contribution < 1.29 is 26.3 Å². The third-order valence-electron chi connectivity index (χ3n) is 2.72. The van der Waals surface area contributed by atoms with Gasteiger partial charge in [-0.2, -0.15) is 26.3 Å². The van der Waals surface area contributed by atoms with Crippen molar-refractivity contribution in [1.82, 2.24) is 0 Å². The van der Waals surface area contributed by atoms with Gasteiger partial charge in [0, 0.05) is 0 Å². The highest BCUT2D eigenvalue weighted by Gasteiger charge is 2.30. The SMILES string of the molecule is CC.Cc1ccc(C(F)(F)F)cc1.Cc1cccc(C(F)(F)F)c1. The quantitative estimate of drug-likeness (QED) is 0.446. The third-order valence-corrected chi connectivity index (χ3v) is 2.72. The zero-order chi connectivity index (χ0) is 19.0. The fraction of sp³-hybridized carbons (Fsp3) is 0.333. The van der Waals surface area contributed by atoms with Crippen molar-refractivity contribution in [2.45, 2.75) is 40.0 Å². The molecule has 0 aliphatic heterocycles. The maximum absolute atomic E-state index is 12.0. The number of alkyl halides is 6. The predicted octanol–water partition coefficient (Wildman–Crippen LogP) is 7.05. The molecule has 134 valence electrons. The number of halogens is 6. The number of benzene rings is 2. The van der Waals surface area contributed by atoms with Crippen LogP contribution in [0.15, 0.2) is 48.5 Å². The number of hydrogen-bond acceptors (Lipinski definition) is 0. The van der Waals surface area contributed by atoms with Crippen LogP contribution in [0.1, 0.15) is 36.1 Å². The summed E-state index contributed by atoms with van der Waals surface area (Å²) in [5, 5.41) is 0. The van der Waals surface area contributed by atoms with E-state index in [1.807, 2.05) is 13.8 Å². The van der Waals surface area contributed by atoms with E-state index < -0.39 is 23.5 Å². The lowest BCUT2D eigenvalue weighted by molar-refractivity contribution is -0.138. The summed E-state index contributed by atoms with van der Waals surface area (Å²) in [6, 6.07) is 10.3.